The largest absolute Gasteiger partial charge is 0.335 e. The van der Waals surface area contributed by atoms with Gasteiger partial charge in [-0.3, -0.25) is 14.8 Å². The van der Waals surface area contributed by atoms with E-state index in [0.717, 1.165) is 18.6 Å². The van der Waals surface area contributed by atoms with Crippen LogP contribution < -0.4 is 5.32 Å². The molecule has 20 heavy (non-hydrogen) atoms. The summed E-state index contributed by atoms with van der Waals surface area (Å²) in [4.78, 5) is 23.2. The fourth-order valence-corrected chi connectivity index (χ4v) is 2.65. The van der Waals surface area contributed by atoms with Crippen molar-refractivity contribution < 1.29 is 4.79 Å². The summed E-state index contributed by atoms with van der Waals surface area (Å²) in [7, 11) is 0. The third-order valence-corrected chi connectivity index (χ3v) is 3.59. The van der Waals surface area contributed by atoms with Crippen LogP contribution in [0.1, 0.15) is 24.2 Å². The lowest BCUT2D eigenvalue weighted by atomic mass is 10.0. The van der Waals surface area contributed by atoms with E-state index in [9.17, 15) is 4.79 Å². The van der Waals surface area contributed by atoms with Crippen LogP contribution in [0.5, 0.6) is 0 Å². The summed E-state index contributed by atoms with van der Waals surface area (Å²) >= 11 is 0. The molecule has 104 valence electrons. The lowest BCUT2D eigenvalue weighted by molar-refractivity contribution is 0.0654. The van der Waals surface area contributed by atoms with Crippen molar-refractivity contribution in [1.82, 2.24) is 20.2 Å². The van der Waals surface area contributed by atoms with Crippen LogP contribution in [-0.2, 0) is 0 Å². The molecule has 0 saturated carbocycles. The molecule has 1 fully saturated rings. The Hall–Kier alpha value is -2.01. The lowest BCUT2D eigenvalue weighted by Crippen LogP contribution is -2.58. The van der Waals surface area contributed by atoms with E-state index < -0.39 is 0 Å². The number of hydrogen-bond donors (Lipinski definition) is 1. The fourth-order valence-electron chi connectivity index (χ4n) is 2.65. The number of hydrogen-bond acceptors (Lipinski definition) is 4. The van der Waals surface area contributed by atoms with E-state index in [2.05, 4.69) is 29.1 Å². The van der Waals surface area contributed by atoms with Gasteiger partial charge in [0.05, 0.1) is 11.1 Å². The Balaban J connectivity index is 1.97. The summed E-state index contributed by atoms with van der Waals surface area (Å²) in [5, 5.41) is 3.41. The smallest absolute Gasteiger partial charge is 0.256 e. The van der Waals surface area contributed by atoms with Crippen LogP contribution in [0.2, 0.25) is 0 Å². The molecule has 0 aliphatic carbocycles. The van der Waals surface area contributed by atoms with E-state index in [-0.39, 0.29) is 11.4 Å². The highest BCUT2D eigenvalue weighted by Crippen LogP contribution is 2.18. The van der Waals surface area contributed by atoms with Gasteiger partial charge in [-0.1, -0.05) is 6.07 Å². The predicted molar refractivity (Wildman–Crippen MR) is 77.5 cm³/mol. The number of aromatic nitrogens is 2. The molecule has 0 spiro atoms. The number of carbonyl (C=O) groups is 1. The Bertz CT molecular complexity index is 648. The Labute approximate surface area is 118 Å². The van der Waals surface area contributed by atoms with E-state index in [1.54, 1.807) is 12.4 Å². The summed E-state index contributed by atoms with van der Waals surface area (Å²) in [6, 6.07) is 5.56. The van der Waals surface area contributed by atoms with E-state index in [1.165, 1.54) is 0 Å². The maximum absolute atomic E-state index is 12.7. The normalized spacial score (nSPS) is 18.2. The number of amides is 1. The van der Waals surface area contributed by atoms with Crippen LogP contribution in [0, 0.1) is 0 Å². The number of nitrogens with zero attached hydrogens (tertiary/aromatic N) is 3. The van der Waals surface area contributed by atoms with Crippen molar-refractivity contribution in [3.63, 3.8) is 0 Å². The van der Waals surface area contributed by atoms with E-state index in [1.807, 2.05) is 23.1 Å². The third kappa shape index (κ3) is 2.36. The van der Waals surface area contributed by atoms with Crippen LogP contribution in [-0.4, -0.2) is 45.9 Å². The van der Waals surface area contributed by atoms with Crippen LogP contribution in [0.3, 0.4) is 0 Å². The first-order valence-corrected chi connectivity index (χ1v) is 6.81. The quantitative estimate of drug-likeness (QED) is 0.852. The maximum atomic E-state index is 12.7. The number of piperazine rings is 1. The van der Waals surface area contributed by atoms with Gasteiger partial charge in [-0.25, -0.2) is 0 Å². The molecule has 5 nitrogen and oxygen atoms in total. The summed E-state index contributed by atoms with van der Waals surface area (Å²) in [5.74, 6) is 0.0330. The second kappa shape index (κ2) is 4.83. The highest BCUT2D eigenvalue weighted by molar-refractivity contribution is 6.04. The van der Waals surface area contributed by atoms with Gasteiger partial charge in [0.15, 0.2) is 0 Å². The van der Waals surface area contributed by atoms with Crippen LogP contribution in [0.25, 0.3) is 11.0 Å². The third-order valence-electron chi connectivity index (χ3n) is 3.59. The van der Waals surface area contributed by atoms with Crippen molar-refractivity contribution in [1.29, 1.82) is 0 Å². The van der Waals surface area contributed by atoms with Crippen molar-refractivity contribution in [3.05, 3.63) is 36.2 Å². The Morgan fingerprint density at radius 2 is 2.10 bits per heavy atom. The molecule has 2 heterocycles. The molecule has 1 aromatic heterocycles. The molecule has 1 saturated heterocycles. The standard InChI is InChI=1S/C15H18N4O/c1-15(2)10-19(9-8-18-15)14(20)11-4-3-5-12-13(11)17-7-6-16-12/h3-7,18H,8-10H2,1-2H3. The first-order chi connectivity index (χ1) is 9.57. The van der Waals surface area contributed by atoms with Gasteiger partial charge in [0.25, 0.3) is 5.91 Å². The van der Waals surface area contributed by atoms with Crippen molar-refractivity contribution in [3.8, 4) is 0 Å². The number of benzene rings is 1. The number of carbonyl (C=O) groups excluding carboxylic acids is 1. The second-order valence-corrected chi connectivity index (χ2v) is 5.77. The zero-order valence-electron chi connectivity index (χ0n) is 11.8. The summed E-state index contributed by atoms with van der Waals surface area (Å²) in [6.07, 6.45) is 3.27. The van der Waals surface area contributed by atoms with Crippen LogP contribution in [0.4, 0.5) is 0 Å². The summed E-state index contributed by atoms with van der Waals surface area (Å²) in [6.45, 7) is 6.45. The molecular weight excluding hydrogens is 252 g/mol. The molecule has 1 aliphatic heterocycles. The van der Waals surface area contributed by atoms with Crippen LogP contribution in [0.15, 0.2) is 30.6 Å². The van der Waals surface area contributed by atoms with Gasteiger partial charge >= 0.3 is 0 Å². The lowest BCUT2D eigenvalue weighted by Gasteiger charge is -2.39. The number of fused-ring (bicyclic) bond motifs is 1. The molecule has 1 aliphatic rings. The van der Waals surface area contributed by atoms with E-state index >= 15 is 0 Å². The Morgan fingerprint density at radius 1 is 1.30 bits per heavy atom. The first-order valence-electron chi connectivity index (χ1n) is 6.81. The number of para-hydroxylation sites is 1. The predicted octanol–water partition coefficient (Wildman–Crippen LogP) is 1.45. The number of nitrogens with one attached hydrogen (secondary N) is 1. The minimum Gasteiger partial charge on any atom is -0.335 e. The van der Waals surface area contributed by atoms with Crippen molar-refractivity contribution in [2.45, 2.75) is 19.4 Å². The van der Waals surface area contributed by atoms with Gasteiger partial charge in [0, 0.05) is 37.6 Å². The average molecular weight is 270 g/mol. The Morgan fingerprint density at radius 3 is 2.90 bits per heavy atom. The molecule has 0 radical (unpaired) electrons. The van der Waals surface area contributed by atoms with Crippen LogP contribution >= 0.6 is 0 Å². The van der Waals surface area contributed by atoms with Gasteiger partial charge in [0.1, 0.15) is 5.52 Å². The van der Waals surface area contributed by atoms with Gasteiger partial charge in [0.2, 0.25) is 0 Å². The van der Waals surface area contributed by atoms with Crippen molar-refractivity contribution in [2.75, 3.05) is 19.6 Å². The minimum atomic E-state index is -0.0514. The molecule has 1 amide bonds. The van der Waals surface area contributed by atoms with Crippen molar-refractivity contribution >= 4 is 16.9 Å². The maximum Gasteiger partial charge on any atom is 0.256 e. The molecule has 0 unspecified atom stereocenters. The molecule has 5 heteroatoms. The van der Waals surface area contributed by atoms with Gasteiger partial charge < -0.3 is 10.2 Å². The minimum absolute atomic E-state index is 0.0330. The van der Waals surface area contributed by atoms with Gasteiger partial charge in [-0.05, 0) is 26.0 Å². The summed E-state index contributed by atoms with van der Waals surface area (Å²) in [5.41, 5.74) is 2.02. The average Bonchev–Trinajstić information content (AvgIpc) is 2.45. The fraction of sp³-hybridized carbons (Fsp3) is 0.400. The molecule has 0 atom stereocenters. The molecule has 3 rings (SSSR count). The van der Waals surface area contributed by atoms with Gasteiger partial charge in [-0.15, -0.1) is 0 Å². The zero-order chi connectivity index (χ0) is 14.2. The molecule has 1 aromatic carbocycles. The molecule has 0 bridgehead atoms. The zero-order valence-corrected chi connectivity index (χ0v) is 11.8. The van der Waals surface area contributed by atoms with Crippen molar-refractivity contribution in [2.24, 2.45) is 0 Å². The highest BCUT2D eigenvalue weighted by Gasteiger charge is 2.29. The molecular formula is C15H18N4O. The SMILES string of the molecule is CC1(C)CN(C(=O)c2cccc3nccnc23)CCN1. The summed E-state index contributed by atoms with van der Waals surface area (Å²) < 4.78 is 0. The Kier molecular flexibility index (Phi) is 3.14. The monoisotopic (exact) mass is 270 g/mol. The van der Waals surface area contributed by atoms with Gasteiger partial charge in [-0.2, -0.15) is 0 Å². The van der Waals surface area contributed by atoms with E-state index in [4.69, 9.17) is 0 Å². The number of rotatable bonds is 1. The van der Waals surface area contributed by atoms with E-state index in [0.29, 0.717) is 17.6 Å². The molecule has 1 N–H and O–H groups in total. The first kappa shape index (κ1) is 13.0. The second-order valence-electron chi connectivity index (χ2n) is 5.77. The molecule has 2 aromatic rings. The highest BCUT2D eigenvalue weighted by atomic mass is 16.2. The topological polar surface area (TPSA) is 58.1 Å².